The Balaban J connectivity index is 1.57. The standard InChI is InChI=1S/C26H34N4O3S/c1-20(31)27-23-11-9-21(10-12-23)19-29-14-6-15-30(17-16-29)26(33)24(13-18-34-2)28-25(32)22-7-4-3-5-8-22/h3-5,7-12,24H,6,13-19H2,1-2H3,(H,27,31)(H,28,32). The summed E-state index contributed by atoms with van der Waals surface area (Å²) in [5.41, 5.74) is 2.52. The molecule has 1 heterocycles. The largest absolute Gasteiger partial charge is 0.340 e. The molecule has 1 fully saturated rings. The van der Waals surface area contributed by atoms with Crippen molar-refractivity contribution in [3.63, 3.8) is 0 Å². The molecule has 1 atom stereocenters. The molecule has 1 aliphatic heterocycles. The number of anilines is 1. The number of thioether (sulfide) groups is 1. The number of hydrogen-bond acceptors (Lipinski definition) is 5. The second-order valence-corrected chi connectivity index (χ2v) is 9.49. The van der Waals surface area contributed by atoms with Gasteiger partial charge in [0.05, 0.1) is 0 Å². The number of rotatable bonds is 9. The minimum absolute atomic E-state index is 0.000147. The Kier molecular flexibility index (Phi) is 9.97. The molecule has 0 aliphatic carbocycles. The van der Waals surface area contributed by atoms with E-state index < -0.39 is 6.04 Å². The molecule has 3 rings (SSSR count). The molecule has 1 unspecified atom stereocenters. The van der Waals surface area contributed by atoms with Crippen molar-refractivity contribution in [3.05, 3.63) is 65.7 Å². The molecule has 3 amide bonds. The zero-order valence-electron chi connectivity index (χ0n) is 20.0. The van der Waals surface area contributed by atoms with Crippen molar-refractivity contribution in [2.75, 3.05) is 43.5 Å². The second-order valence-electron chi connectivity index (χ2n) is 8.51. The van der Waals surface area contributed by atoms with Crippen molar-refractivity contribution < 1.29 is 14.4 Å². The smallest absolute Gasteiger partial charge is 0.251 e. The third-order valence-electron chi connectivity index (χ3n) is 5.83. The van der Waals surface area contributed by atoms with E-state index in [1.54, 1.807) is 23.9 Å². The molecule has 0 aromatic heterocycles. The third-order valence-corrected chi connectivity index (χ3v) is 6.47. The van der Waals surface area contributed by atoms with Gasteiger partial charge < -0.3 is 15.5 Å². The molecule has 0 bridgehead atoms. The lowest BCUT2D eigenvalue weighted by Crippen LogP contribution is -2.49. The van der Waals surface area contributed by atoms with Crippen LogP contribution in [0.5, 0.6) is 0 Å². The molecule has 0 saturated carbocycles. The van der Waals surface area contributed by atoms with E-state index >= 15 is 0 Å². The highest BCUT2D eigenvalue weighted by molar-refractivity contribution is 7.98. The number of hydrogen-bond donors (Lipinski definition) is 2. The summed E-state index contributed by atoms with van der Waals surface area (Å²) in [7, 11) is 0. The van der Waals surface area contributed by atoms with E-state index in [9.17, 15) is 14.4 Å². The lowest BCUT2D eigenvalue weighted by atomic mass is 10.1. The summed E-state index contributed by atoms with van der Waals surface area (Å²) in [5.74, 6) is 0.514. The Morgan fingerprint density at radius 3 is 2.38 bits per heavy atom. The molecule has 2 aromatic rings. The maximum absolute atomic E-state index is 13.4. The van der Waals surface area contributed by atoms with Crippen LogP contribution in [0.2, 0.25) is 0 Å². The number of amides is 3. The van der Waals surface area contributed by atoms with Gasteiger partial charge in [-0.15, -0.1) is 0 Å². The van der Waals surface area contributed by atoms with Gasteiger partial charge in [-0.2, -0.15) is 11.8 Å². The van der Waals surface area contributed by atoms with Crippen molar-refractivity contribution in [1.82, 2.24) is 15.1 Å². The number of benzene rings is 2. The lowest BCUT2D eigenvalue weighted by molar-refractivity contribution is -0.133. The first-order valence-electron chi connectivity index (χ1n) is 11.7. The molecule has 1 aliphatic rings. The number of carbonyl (C=O) groups is 3. The molecular weight excluding hydrogens is 448 g/mol. The van der Waals surface area contributed by atoms with Gasteiger partial charge in [-0.3, -0.25) is 19.3 Å². The highest BCUT2D eigenvalue weighted by atomic mass is 32.2. The first-order chi connectivity index (χ1) is 16.5. The Hall–Kier alpha value is -2.84. The van der Waals surface area contributed by atoms with E-state index in [1.165, 1.54) is 12.5 Å². The van der Waals surface area contributed by atoms with Gasteiger partial charge in [-0.25, -0.2) is 0 Å². The molecule has 34 heavy (non-hydrogen) atoms. The summed E-state index contributed by atoms with van der Waals surface area (Å²) in [6.45, 7) is 5.30. The molecule has 2 aromatic carbocycles. The lowest BCUT2D eigenvalue weighted by Gasteiger charge is -2.27. The van der Waals surface area contributed by atoms with Gasteiger partial charge in [0.1, 0.15) is 6.04 Å². The summed E-state index contributed by atoms with van der Waals surface area (Å²) in [6.07, 6.45) is 3.50. The minimum Gasteiger partial charge on any atom is -0.340 e. The fraction of sp³-hybridized carbons (Fsp3) is 0.423. The van der Waals surface area contributed by atoms with E-state index in [2.05, 4.69) is 15.5 Å². The molecular formula is C26H34N4O3S. The van der Waals surface area contributed by atoms with Crippen LogP contribution in [0.4, 0.5) is 5.69 Å². The Labute approximate surface area is 206 Å². The Morgan fingerprint density at radius 2 is 1.71 bits per heavy atom. The van der Waals surface area contributed by atoms with E-state index in [-0.39, 0.29) is 17.7 Å². The molecule has 1 saturated heterocycles. The van der Waals surface area contributed by atoms with Crippen molar-refractivity contribution in [1.29, 1.82) is 0 Å². The zero-order chi connectivity index (χ0) is 24.3. The SMILES string of the molecule is CSCCC(NC(=O)c1ccccc1)C(=O)N1CCCN(Cc2ccc(NC(C)=O)cc2)CC1. The van der Waals surface area contributed by atoms with Crippen LogP contribution in [0, 0.1) is 0 Å². The normalized spacial score (nSPS) is 15.3. The van der Waals surface area contributed by atoms with Crippen molar-refractivity contribution >= 4 is 35.2 Å². The average Bonchev–Trinajstić information content (AvgIpc) is 3.08. The summed E-state index contributed by atoms with van der Waals surface area (Å²) in [6, 6.07) is 16.4. The van der Waals surface area contributed by atoms with Crippen LogP contribution >= 0.6 is 11.8 Å². The molecule has 7 nitrogen and oxygen atoms in total. The van der Waals surface area contributed by atoms with Crippen molar-refractivity contribution in [2.24, 2.45) is 0 Å². The monoisotopic (exact) mass is 482 g/mol. The molecule has 0 radical (unpaired) electrons. The first-order valence-corrected chi connectivity index (χ1v) is 13.1. The van der Waals surface area contributed by atoms with Crippen LogP contribution in [-0.2, 0) is 16.1 Å². The molecule has 8 heteroatoms. The Bertz CT molecular complexity index is 952. The summed E-state index contributed by atoms with van der Waals surface area (Å²) in [4.78, 5) is 41.5. The molecule has 0 spiro atoms. The van der Waals surface area contributed by atoms with Gasteiger partial charge in [-0.05, 0) is 54.7 Å². The van der Waals surface area contributed by atoms with Gasteiger partial charge in [0.15, 0.2) is 0 Å². The van der Waals surface area contributed by atoms with Crippen LogP contribution in [0.1, 0.15) is 35.7 Å². The van der Waals surface area contributed by atoms with Crippen LogP contribution in [0.15, 0.2) is 54.6 Å². The minimum atomic E-state index is -0.520. The predicted octanol–water partition coefficient (Wildman–Crippen LogP) is 3.23. The van der Waals surface area contributed by atoms with E-state index in [4.69, 9.17) is 0 Å². The highest BCUT2D eigenvalue weighted by Crippen LogP contribution is 2.15. The van der Waals surface area contributed by atoms with Crippen molar-refractivity contribution in [3.8, 4) is 0 Å². The van der Waals surface area contributed by atoms with E-state index in [0.29, 0.717) is 25.1 Å². The second kappa shape index (κ2) is 13.2. The van der Waals surface area contributed by atoms with Gasteiger partial charge in [0.25, 0.3) is 5.91 Å². The van der Waals surface area contributed by atoms with E-state index in [0.717, 1.165) is 37.5 Å². The van der Waals surface area contributed by atoms with Crippen molar-refractivity contribution in [2.45, 2.75) is 32.4 Å². The van der Waals surface area contributed by atoms with Crippen LogP contribution in [0.25, 0.3) is 0 Å². The highest BCUT2D eigenvalue weighted by Gasteiger charge is 2.27. The fourth-order valence-electron chi connectivity index (χ4n) is 4.05. The maximum Gasteiger partial charge on any atom is 0.251 e. The topological polar surface area (TPSA) is 81.8 Å². The quantitative estimate of drug-likeness (QED) is 0.574. The van der Waals surface area contributed by atoms with Gasteiger partial charge in [-0.1, -0.05) is 30.3 Å². The van der Waals surface area contributed by atoms with Crippen LogP contribution < -0.4 is 10.6 Å². The van der Waals surface area contributed by atoms with Crippen LogP contribution in [-0.4, -0.2) is 71.8 Å². The van der Waals surface area contributed by atoms with Gasteiger partial charge in [0, 0.05) is 50.9 Å². The number of nitrogens with one attached hydrogen (secondary N) is 2. The predicted molar refractivity (Wildman–Crippen MR) is 138 cm³/mol. The van der Waals surface area contributed by atoms with Gasteiger partial charge in [0.2, 0.25) is 11.8 Å². The first kappa shape index (κ1) is 25.8. The molecule has 2 N–H and O–H groups in total. The Morgan fingerprint density at radius 1 is 0.971 bits per heavy atom. The summed E-state index contributed by atoms with van der Waals surface area (Å²) >= 11 is 1.67. The zero-order valence-corrected chi connectivity index (χ0v) is 20.8. The van der Waals surface area contributed by atoms with Gasteiger partial charge >= 0.3 is 0 Å². The summed E-state index contributed by atoms with van der Waals surface area (Å²) in [5, 5.41) is 5.75. The average molecular weight is 483 g/mol. The van der Waals surface area contributed by atoms with E-state index in [1.807, 2.05) is 53.6 Å². The third kappa shape index (κ3) is 7.88. The van der Waals surface area contributed by atoms with Crippen LogP contribution in [0.3, 0.4) is 0 Å². The maximum atomic E-state index is 13.4. The number of carbonyl (C=O) groups excluding carboxylic acids is 3. The fourth-order valence-corrected chi connectivity index (χ4v) is 4.52. The molecule has 182 valence electrons. The summed E-state index contributed by atoms with van der Waals surface area (Å²) < 4.78 is 0. The number of nitrogens with zero attached hydrogens (tertiary/aromatic N) is 2.